The zero-order valence-corrected chi connectivity index (χ0v) is 17.5. The first-order valence-corrected chi connectivity index (χ1v) is 10.0. The Bertz CT molecular complexity index is 1240. The standard InChI is InChI=1S/C24H22F2N4O/c1-14(2)17-4-6-18(7-5-17)22-13-29-30-15(3)21(12-27-23(22)30)24(31)28-11-16-8-19(25)10-20(26)9-16/h4-10,12-14H,11H2,1-3H3,(H,28,31). The Labute approximate surface area is 178 Å². The highest BCUT2D eigenvalue weighted by molar-refractivity contribution is 5.95. The monoisotopic (exact) mass is 420 g/mol. The molecule has 7 heteroatoms. The highest BCUT2D eigenvalue weighted by atomic mass is 19.1. The minimum Gasteiger partial charge on any atom is -0.348 e. The van der Waals surface area contributed by atoms with E-state index in [-0.39, 0.29) is 6.54 Å². The molecule has 0 aliphatic carbocycles. The third kappa shape index (κ3) is 4.17. The maximum atomic E-state index is 13.3. The van der Waals surface area contributed by atoms with E-state index in [0.717, 1.165) is 17.2 Å². The summed E-state index contributed by atoms with van der Waals surface area (Å²) in [7, 11) is 0. The zero-order valence-electron chi connectivity index (χ0n) is 17.5. The van der Waals surface area contributed by atoms with Crippen LogP contribution in [0, 0.1) is 18.6 Å². The highest BCUT2D eigenvalue weighted by Crippen LogP contribution is 2.26. The normalized spacial score (nSPS) is 11.3. The highest BCUT2D eigenvalue weighted by Gasteiger charge is 2.16. The van der Waals surface area contributed by atoms with Gasteiger partial charge in [0.25, 0.3) is 5.91 Å². The van der Waals surface area contributed by atoms with Crippen LogP contribution in [0.15, 0.2) is 54.9 Å². The summed E-state index contributed by atoms with van der Waals surface area (Å²) in [6.07, 6.45) is 3.23. The van der Waals surface area contributed by atoms with Crippen molar-refractivity contribution in [3.8, 4) is 11.1 Å². The minimum atomic E-state index is -0.686. The van der Waals surface area contributed by atoms with Crippen LogP contribution < -0.4 is 5.32 Å². The van der Waals surface area contributed by atoms with Crippen molar-refractivity contribution in [2.75, 3.05) is 0 Å². The molecule has 0 fully saturated rings. The van der Waals surface area contributed by atoms with Crippen LogP contribution in [0.25, 0.3) is 16.8 Å². The van der Waals surface area contributed by atoms with Crippen LogP contribution in [0.4, 0.5) is 8.78 Å². The van der Waals surface area contributed by atoms with Gasteiger partial charge >= 0.3 is 0 Å². The molecule has 4 aromatic rings. The number of amides is 1. The summed E-state index contributed by atoms with van der Waals surface area (Å²) in [6, 6.07) is 11.4. The van der Waals surface area contributed by atoms with Crippen molar-refractivity contribution in [1.29, 1.82) is 0 Å². The van der Waals surface area contributed by atoms with Crippen molar-refractivity contribution < 1.29 is 13.6 Å². The first kappa shape index (κ1) is 20.7. The Hall–Kier alpha value is -3.61. The fraction of sp³-hybridized carbons (Fsp3) is 0.208. The topological polar surface area (TPSA) is 59.3 Å². The number of rotatable bonds is 5. The second kappa shape index (κ2) is 8.26. The lowest BCUT2D eigenvalue weighted by molar-refractivity contribution is 0.0949. The van der Waals surface area contributed by atoms with Gasteiger partial charge in [-0.25, -0.2) is 18.3 Å². The summed E-state index contributed by atoms with van der Waals surface area (Å²) >= 11 is 0. The number of fused-ring (bicyclic) bond motifs is 1. The van der Waals surface area contributed by atoms with E-state index in [0.29, 0.717) is 28.4 Å². The molecule has 0 saturated heterocycles. The Kier molecular flexibility index (Phi) is 5.50. The van der Waals surface area contributed by atoms with E-state index in [4.69, 9.17) is 0 Å². The molecule has 0 unspecified atom stereocenters. The lowest BCUT2D eigenvalue weighted by atomic mass is 10.00. The van der Waals surface area contributed by atoms with Crippen LogP contribution in [-0.4, -0.2) is 20.5 Å². The Morgan fingerprint density at radius 2 is 1.74 bits per heavy atom. The van der Waals surface area contributed by atoms with Gasteiger partial charge in [0.2, 0.25) is 0 Å². The van der Waals surface area contributed by atoms with Crippen molar-refractivity contribution in [2.24, 2.45) is 0 Å². The predicted octanol–water partition coefficient (Wildman–Crippen LogP) is 5.04. The quantitative estimate of drug-likeness (QED) is 0.492. The Balaban J connectivity index is 1.59. The molecule has 0 spiro atoms. The Morgan fingerprint density at radius 1 is 1.06 bits per heavy atom. The van der Waals surface area contributed by atoms with Gasteiger partial charge in [0.15, 0.2) is 5.65 Å². The van der Waals surface area contributed by atoms with Crippen molar-refractivity contribution >= 4 is 11.6 Å². The molecule has 0 radical (unpaired) electrons. The molecule has 2 aromatic carbocycles. The SMILES string of the molecule is Cc1c(C(=O)NCc2cc(F)cc(F)c2)cnc2c(-c3ccc(C(C)C)cc3)cnn12. The molecule has 158 valence electrons. The van der Waals surface area contributed by atoms with E-state index >= 15 is 0 Å². The molecule has 1 N–H and O–H groups in total. The van der Waals surface area contributed by atoms with Crippen LogP contribution in [-0.2, 0) is 6.54 Å². The van der Waals surface area contributed by atoms with Gasteiger partial charge in [0.05, 0.1) is 17.5 Å². The van der Waals surface area contributed by atoms with Gasteiger partial charge in [-0.1, -0.05) is 38.1 Å². The molecular formula is C24H22F2N4O. The second-order valence-corrected chi connectivity index (χ2v) is 7.79. The van der Waals surface area contributed by atoms with Gasteiger partial charge in [-0.2, -0.15) is 5.10 Å². The van der Waals surface area contributed by atoms with Crippen LogP contribution in [0.5, 0.6) is 0 Å². The van der Waals surface area contributed by atoms with Crippen molar-refractivity contribution in [1.82, 2.24) is 19.9 Å². The molecule has 5 nitrogen and oxygen atoms in total. The molecule has 2 heterocycles. The van der Waals surface area contributed by atoms with Crippen LogP contribution in [0.2, 0.25) is 0 Å². The molecule has 0 aliphatic rings. The smallest absolute Gasteiger partial charge is 0.254 e. The van der Waals surface area contributed by atoms with Crippen molar-refractivity contribution in [3.63, 3.8) is 0 Å². The lowest BCUT2D eigenvalue weighted by Gasteiger charge is -2.10. The predicted molar refractivity (Wildman–Crippen MR) is 115 cm³/mol. The second-order valence-electron chi connectivity index (χ2n) is 7.79. The number of hydrogen-bond acceptors (Lipinski definition) is 3. The number of benzene rings is 2. The first-order chi connectivity index (χ1) is 14.8. The van der Waals surface area contributed by atoms with Crippen molar-refractivity contribution in [3.05, 3.63) is 88.9 Å². The number of nitrogens with one attached hydrogen (secondary N) is 1. The molecule has 4 rings (SSSR count). The van der Waals surface area contributed by atoms with Crippen LogP contribution in [0.1, 0.15) is 46.9 Å². The fourth-order valence-electron chi connectivity index (χ4n) is 3.51. The fourth-order valence-corrected chi connectivity index (χ4v) is 3.51. The van der Waals surface area contributed by atoms with Crippen LogP contribution >= 0.6 is 0 Å². The molecule has 2 aromatic heterocycles. The number of aryl methyl sites for hydroxylation is 1. The van der Waals surface area contributed by atoms with E-state index < -0.39 is 17.5 Å². The summed E-state index contributed by atoms with van der Waals surface area (Å²) < 4.78 is 28.3. The first-order valence-electron chi connectivity index (χ1n) is 10.0. The average Bonchev–Trinajstić information content (AvgIpc) is 3.17. The number of nitrogens with zero attached hydrogens (tertiary/aromatic N) is 3. The number of aromatic nitrogens is 3. The average molecular weight is 420 g/mol. The molecular weight excluding hydrogens is 398 g/mol. The summed E-state index contributed by atoms with van der Waals surface area (Å²) in [5.41, 5.74) is 5.08. The summed E-state index contributed by atoms with van der Waals surface area (Å²) in [5.74, 6) is -1.32. The van der Waals surface area contributed by atoms with Gasteiger partial charge in [-0.05, 0) is 41.7 Å². The summed E-state index contributed by atoms with van der Waals surface area (Å²) in [6.45, 7) is 6.07. The minimum absolute atomic E-state index is 0.00243. The molecule has 31 heavy (non-hydrogen) atoms. The van der Waals surface area contributed by atoms with Gasteiger partial charge in [0.1, 0.15) is 11.6 Å². The van der Waals surface area contributed by atoms with Gasteiger partial charge in [0, 0.05) is 24.4 Å². The number of carbonyl (C=O) groups is 1. The molecule has 0 saturated carbocycles. The zero-order chi connectivity index (χ0) is 22.1. The number of hydrogen-bond donors (Lipinski definition) is 1. The summed E-state index contributed by atoms with van der Waals surface area (Å²) in [4.78, 5) is 17.1. The third-order valence-corrected chi connectivity index (χ3v) is 5.28. The molecule has 0 bridgehead atoms. The molecule has 1 amide bonds. The van der Waals surface area contributed by atoms with E-state index in [1.165, 1.54) is 23.9 Å². The number of halogens is 2. The number of carbonyl (C=O) groups excluding carboxylic acids is 1. The van der Waals surface area contributed by atoms with Gasteiger partial charge in [-0.15, -0.1) is 0 Å². The van der Waals surface area contributed by atoms with Gasteiger partial charge < -0.3 is 5.32 Å². The van der Waals surface area contributed by atoms with E-state index in [9.17, 15) is 13.6 Å². The maximum absolute atomic E-state index is 13.3. The van der Waals surface area contributed by atoms with Gasteiger partial charge in [-0.3, -0.25) is 4.79 Å². The van der Waals surface area contributed by atoms with E-state index in [1.807, 2.05) is 12.1 Å². The Morgan fingerprint density at radius 3 is 2.39 bits per heavy atom. The summed E-state index contributed by atoms with van der Waals surface area (Å²) in [5, 5.41) is 7.09. The van der Waals surface area contributed by atoms with E-state index in [1.54, 1.807) is 17.6 Å². The maximum Gasteiger partial charge on any atom is 0.254 e. The largest absolute Gasteiger partial charge is 0.348 e. The molecule has 0 aliphatic heterocycles. The third-order valence-electron chi connectivity index (χ3n) is 5.28. The van der Waals surface area contributed by atoms with Crippen molar-refractivity contribution in [2.45, 2.75) is 33.2 Å². The van der Waals surface area contributed by atoms with Crippen LogP contribution in [0.3, 0.4) is 0 Å². The molecule has 0 atom stereocenters. The van der Waals surface area contributed by atoms with E-state index in [2.05, 4.69) is 41.4 Å². The lowest BCUT2D eigenvalue weighted by Crippen LogP contribution is -2.25.